The Hall–Kier alpha value is -2.15. The third kappa shape index (κ3) is 4.66. The molecule has 1 unspecified atom stereocenters. The van der Waals surface area contributed by atoms with E-state index in [9.17, 15) is 9.59 Å². The molecule has 6 nitrogen and oxygen atoms in total. The van der Waals surface area contributed by atoms with Crippen LogP contribution in [0.5, 0.6) is 0 Å². The molecule has 0 aliphatic carbocycles. The summed E-state index contributed by atoms with van der Waals surface area (Å²) in [4.78, 5) is 23.4. The first-order chi connectivity index (χ1) is 10.9. The zero-order chi connectivity index (χ0) is 17.0. The quantitative estimate of drug-likeness (QED) is 0.799. The summed E-state index contributed by atoms with van der Waals surface area (Å²) in [5.41, 5.74) is 0.835. The number of rotatable bonds is 6. The first-order valence-corrected chi connectivity index (χ1v) is 7.91. The molecule has 2 aromatic rings. The Labute approximate surface area is 142 Å². The van der Waals surface area contributed by atoms with Crippen LogP contribution in [0.1, 0.15) is 54.0 Å². The Morgan fingerprint density at radius 1 is 1.35 bits per heavy atom. The Bertz CT molecular complexity index is 712. The van der Waals surface area contributed by atoms with Crippen LogP contribution in [-0.4, -0.2) is 22.1 Å². The number of amides is 1. The zero-order valence-corrected chi connectivity index (χ0v) is 14.3. The number of hydrogen-bond donors (Lipinski definition) is 2. The Morgan fingerprint density at radius 3 is 2.65 bits per heavy atom. The fourth-order valence-corrected chi connectivity index (χ4v) is 2.47. The number of halogens is 1. The molecule has 1 aromatic heterocycles. The van der Waals surface area contributed by atoms with Crippen molar-refractivity contribution in [2.75, 3.05) is 0 Å². The predicted molar refractivity (Wildman–Crippen MR) is 87.2 cm³/mol. The van der Waals surface area contributed by atoms with E-state index in [0.29, 0.717) is 11.3 Å². The SMILES string of the molecule is CC(C)c1cc(C(=O)NC(CC(=O)O)c2cccc(Br)c2)no1. The van der Waals surface area contributed by atoms with Gasteiger partial charge in [0.15, 0.2) is 5.69 Å². The highest BCUT2D eigenvalue weighted by Gasteiger charge is 2.21. The fraction of sp³-hybridized carbons (Fsp3) is 0.312. The van der Waals surface area contributed by atoms with Crippen molar-refractivity contribution in [3.8, 4) is 0 Å². The van der Waals surface area contributed by atoms with E-state index in [0.717, 1.165) is 4.47 Å². The first-order valence-electron chi connectivity index (χ1n) is 7.11. The number of carbonyl (C=O) groups excluding carboxylic acids is 1. The first kappa shape index (κ1) is 17.2. The van der Waals surface area contributed by atoms with Crippen molar-refractivity contribution < 1.29 is 19.2 Å². The van der Waals surface area contributed by atoms with Crippen LogP contribution < -0.4 is 5.32 Å². The van der Waals surface area contributed by atoms with Crippen molar-refractivity contribution in [2.24, 2.45) is 0 Å². The highest BCUT2D eigenvalue weighted by Crippen LogP contribution is 2.22. The maximum Gasteiger partial charge on any atom is 0.305 e. The molecule has 0 spiro atoms. The highest BCUT2D eigenvalue weighted by atomic mass is 79.9. The smallest absolute Gasteiger partial charge is 0.305 e. The molecule has 0 aliphatic heterocycles. The summed E-state index contributed by atoms with van der Waals surface area (Å²) in [6.45, 7) is 3.86. The molecular weight excluding hydrogens is 364 g/mol. The predicted octanol–water partition coefficient (Wildman–Crippen LogP) is 3.51. The summed E-state index contributed by atoms with van der Waals surface area (Å²) in [6, 6.07) is 8.07. The van der Waals surface area contributed by atoms with Gasteiger partial charge in [0.2, 0.25) is 0 Å². The van der Waals surface area contributed by atoms with Crippen molar-refractivity contribution in [1.82, 2.24) is 10.5 Å². The van der Waals surface area contributed by atoms with Gasteiger partial charge in [-0.25, -0.2) is 0 Å². The normalized spacial score (nSPS) is 12.2. The summed E-state index contributed by atoms with van der Waals surface area (Å²) in [7, 11) is 0. The van der Waals surface area contributed by atoms with Gasteiger partial charge in [-0.1, -0.05) is 47.1 Å². The van der Waals surface area contributed by atoms with Crippen LogP contribution in [0.2, 0.25) is 0 Å². The fourth-order valence-electron chi connectivity index (χ4n) is 2.05. The van der Waals surface area contributed by atoms with E-state index < -0.39 is 17.9 Å². The summed E-state index contributed by atoms with van der Waals surface area (Å²) in [5, 5.41) is 15.5. The van der Waals surface area contributed by atoms with Gasteiger partial charge in [-0.05, 0) is 17.7 Å². The number of carboxylic acids is 1. The van der Waals surface area contributed by atoms with Gasteiger partial charge in [-0.2, -0.15) is 0 Å². The zero-order valence-electron chi connectivity index (χ0n) is 12.7. The lowest BCUT2D eigenvalue weighted by atomic mass is 10.0. The molecule has 2 rings (SSSR count). The van der Waals surface area contributed by atoms with E-state index in [1.54, 1.807) is 24.3 Å². The second-order valence-electron chi connectivity index (χ2n) is 5.45. The van der Waals surface area contributed by atoms with Gasteiger partial charge < -0.3 is 14.9 Å². The number of nitrogens with one attached hydrogen (secondary N) is 1. The lowest BCUT2D eigenvalue weighted by molar-refractivity contribution is -0.137. The third-order valence-corrected chi connectivity index (χ3v) is 3.76. The lowest BCUT2D eigenvalue weighted by Gasteiger charge is -2.17. The van der Waals surface area contributed by atoms with E-state index in [2.05, 4.69) is 26.4 Å². The molecule has 23 heavy (non-hydrogen) atoms. The monoisotopic (exact) mass is 380 g/mol. The van der Waals surface area contributed by atoms with Crippen molar-refractivity contribution >= 4 is 27.8 Å². The van der Waals surface area contributed by atoms with Crippen LogP contribution in [0.4, 0.5) is 0 Å². The summed E-state index contributed by atoms with van der Waals surface area (Å²) in [6.07, 6.45) is -0.225. The Morgan fingerprint density at radius 2 is 2.09 bits per heavy atom. The summed E-state index contributed by atoms with van der Waals surface area (Å²) in [5.74, 6) is -0.749. The Kier molecular flexibility index (Phi) is 5.54. The number of hydrogen-bond acceptors (Lipinski definition) is 4. The van der Waals surface area contributed by atoms with Gasteiger partial charge in [0.25, 0.3) is 5.91 Å². The maximum atomic E-state index is 12.3. The average Bonchev–Trinajstić information content (AvgIpc) is 2.96. The van der Waals surface area contributed by atoms with Gasteiger partial charge in [-0.3, -0.25) is 9.59 Å². The Balaban J connectivity index is 2.19. The molecule has 0 saturated carbocycles. The van der Waals surface area contributed by atoms with Gasteiger partial charge in [0.1, 0.15) is 5.76 Å². The number of benzene rings is 1. The standard InChI is InChI=1S/C16H17BrN2O4/c1-9(2)14-7-13(19-23-14)16(22)18-12(8-15(20)21)10-4-3-5-11(17)6-10/h3-7,9,12H,8H2,1-2H3,(H,18,22)(H,20,21). The second kappa shape index (κ2) is 7.41. The van der Waals surface area contributed by atoms with Crippen LogP contribution >= 0.6 is 15.9 Å². The van der Waals surface area contributed by atoms with Crippen LogP contribution in [0.15, 0.2) is 39.3 Å². The molecule has 1 aromatic carbocycles. The van der Waals surface area contributed by atoms with Gasteiger partial charge in [0, 0.05) is 16.5 Å². The van der Waals surface area contributed by atoms with Crippen LogP contribution in [0.3, 0.4) is 0 Å². The average molecular weight is 381 g/mol. The van der Waals surface area contributed by atoms with E-state index in [1.807, 2.05) is 19.9 Å². The number of carboxylic acid groups (broad SMARTS) is 1. The third-order valence-electron chi connectivity index (χ3n) is 3.27. The van der Waals surface area contributed by atoms with E-state index >= 15 is 0 Å². The van der Waals surface area contributed by atoms with Crippen LogP contribution in [0.25, 0.3) is 0 Å². The van der Waals surface area contributed by atoms with E-state index in [1.165, 1.54) is 0 Å². The van der Waals surface area contributed by atoms with Crippen molar-refractivity contribution in [3.63, 3.8) is 0 Å². The molecule has 0 saturated heterocycles. The largest absolute Gasteiger partial charge is 0.481 e. The van der Waals surface area contributed by atoms with E-state index in [4.69, 9.17) is 9.63 Å². The van der Waals surface area contributed by atoms with Crippen molar-refractivity contribution in [2.45, 2.75) is 32.2 Å². The van der Waals surface area contributed by atoms with E-state index in [-0.39, 0.29) is 18.0 Å². The topological polar surface area (TPSA) is 92.4 Å². The molecule has 7 heteroatoms. The molecule has 2 N–H and O–H groups in total. The molecule has 0 aliphatic rings. The minimum absolute atomic E-state index is 0.115. The molecular formula is C16H17BrN2O4. The van der Waals surface area contributed by atoms with Crippen molar-refractivity contribution in [3.05, 3.63) is 51.8 Å². The van der Waals surface area contributed by atoms with Gasteiger partial charge in [0.05, 0.1) is 12.5 Å². The molecule has 1 heterocycles. The molecule has 122 valence electrons. The molecule has 1 atom stereocenters. The van der Waals surface area contributed by atoms with Crippen molar-refractivity contribution in [1.29, 1.82) is 0 Å². The summed E-state index contributed by atoms with van der Waals surface area (Å²) < 4.78 is 5.91. The maximum absolute atomic E-state index is 12.3. The lowest BCUT2D eigenvalue weighted by Crippen LogP contribution is -2.30. The second-order valence-corrected chi connectivity index (χ2v) is 6.36. The molecule has 0 bridgehead atoms. The van der Waals surface area contributed by atoms with Crippen LogP contribution in [-0.2, 0) is 4.79 Å². The summed E-state index contributed by atoms with van der Waals surface area (Å²) >= 11 is 3.34. The van der Waals surface area contributed by atoms with Gasteiger partial charge in [-0.15, -0.1) is 0 Å². The number of nitrogens with zero attached hydrogens (tertiary/aromatic N) is 1. The molecule has 1 amide bonds. The number of aromatic nitrogens is 1. The highest BCUT2D eigenvalue weighted by molar-refractivity contribution is 9.10. The molecule has 0 radical (unpaired) electrons. The van der Waals surface area contributed by atoms with Gasteiger partial charge >= 0.3 is 5.97 Å². The molecule has 0 fully saturated rings. The number of carbonyl (C=O) groups is 2. The minimum Gasteiger partial charge on any atom is -0.481 e. The minimum atomic E-state index is -1.00. The van der Waals surface area contributed by atoms with Crippen LogP contribution in [0, 0.1) is 0 Å². The number of aliphatic carboxylic acids is 1.